The number of hydrogen-bond acceptors (Lipinski definition) is 3. The van der Waals surface area contributed by atoms with Crippen LogP contribution < -0.4 is 10.6 Å². The lowest BCUT2D eigenvalue weighted by molar-refractivity contribution is -0.173. The van der Waals surface area contributed by atoms with Crippen molar-refractivity contribution < 1.29 is 14.1 Å². The van der Waals surface area contributed by atoms with E-state index in [0.717, 1.165) is 10.6 Å². The van der Waals surface area contributed by atoms with Crippen LogP contribution in [0.3, 0.4) is 0 Å². The molecule has 4 heteroatoms. The van der Waals surface area contributed by atoms with E-state index >= 15 is 0 Å². The second kappa shape index (κ2) is 4.32. The third-order valence-electron chi connectivity index (χ3n) is 4.47. The molecule has 1 heterocycles. The van der Waals surface area contributed by atoms with Gasteiger partial charge in [0, 0.05) is 17.0 Å². The van der Waals surface area contributed by atoms with Crippen LogP contribution in [-0.2, 0) is 14.1 Å². The Labute approximate surface area is 123 Å². The van der Waals surface area contributed by atoms with E-state index in [0.29, 0.717) is 12.8 Å². The number of carbonyl (C=O) groups is 1. The van der Waals surface area contributed by atoms with Gasteiger partial charge in [0.05, 0.1) is 12.1 Å². The van der Waals surface area contributed by atoms with Gasteiger partial charge in [0.1, 0.15) is 12.7 Å². The van der Waals surface area contributed by atoms with E-state index in [1.807, 2.05) is 60.7 Å². The highest BCUT2D eigenvalue weighted by atomic mass is 31.2. The van der Waals surface area contributed by atoms with E-state index < -0.39 is 12.7 Å². The summed E-state index contributed by atoms with van der Waals surface area (Å²) in [4.78, 5) is 11.2. The summed E-state index contributed by atoms with van der Waals surface area (Å²) in [6.45, 7) is 0. The Bertz CT molecular complexity index is 688. The van der Waals surface area contributed by atoms with Crippen LogP contribution in [-0.4, -0.2) is 17.2 Å². The average Bonchev–Trinajstić information content (AvgIpc) is 3.24. The van der Waals surface area contributed by atoms with Crippen LogP contribution in [0.2, 0.25) is 0 Å². The van der Waals surface area contributed by atoms with Gasteiger partial charge in [-0.05, 0) is 0 Å². The molecule has 0 N–H and O–H groups in total. The number of hydrogen-bond donors (Lipinski definition) is 0. The summed E-state index contributed by atoms with van der Waals surface area (Å²) < 4.78 is 19.2. The highest BCUT2D eigenvalue weighted by Crippen LogP contribution is 2.69. The van der Waals surface area contributed by atoms with Crippen LogP contribution in [0.4, 0.5) is 0 Å². The van der Waals surface area contributed by atoms with Crippen molar-refractivity contribution >= 4 is 23.7 Å². The minimum Gasteiger partial charge on any atom is -0.457 e. The van der Waals surface area contributed by atoms with Crippen LogP contribution in [0, 0.1) is 0 Å². The topological polar surface area (TPSA) is 43.4 Å². The Balaban J connectivity index is 1.81. The molecule has 1 saturated heterocycles. The van der Waals surface area contributed by atoms with Crippen molar-refractivity contribution in [3.8, 4) is 0 Å². The molecule has 0 bridgehead atoms. The minimum absolute atomic E-state index is 0.0764. The van der Waals surface area contributed by atoms with E-state index in [9.17, 15) is 9.36 Å². The first-order valence-corrected chi connectivity index (χ1v) is 8.86. The fourth-order valence-corrected chi connectivity index (χ4v) is 6.92. The fourth-order valence-electron chi connectivity index (χ4n) is 3.30. The van der Waals surface area contributed by atoms with Crippen molar-refractivity contribution in [2.45, 2.75) is 24.1 Å². The van der Waals surface area contributed by atoms with Crippen molar-refractivity contribution in [1.29, 1.82) is 0 Å². The van der Waals surface area contributed by atoms with Crippen molar-refractivity contribution in [2.24, 2.45) is 0 Å². The molecule has 2 aromatic rings. The molecule has 4 rings (SSSR count). The van der Waals surface area contributed by atoms with Gasteiger partial charge >= 0.3 is 5.97 Å². The maximum absolute atomic E-state index is 13.9. The van der Waals surface area contributed by atoms with E-state index in [1.165, 1.54) is 0 Å². The summed E-state index contributed by atoms with van der Waals surface area (Å²) in [5.74, 6) is -0.176. The maximum Gasteiger partial charge on any atom is 0.310 e. The van der Waals surface area contributed by atoms with Crippen molar-refractivity contribution in [1.82, 2.24) is 0 Å². The van der Waals surface area contributed by atoms with Gasteiger partial charge in [0.2, 0.25) is 0 Å². The Morgan fingerprint density at radius 2 is 1.43 bits per heavy atom. The first kappa shape index (κ1) is 12.8. The van der Waals surface area contributed by atoms with Gasteiger partial charge in [-0.2, -0.15) is 0 Å². The molecular formula is C17H15O3P. The highest BCUT2D eigenvalue weighted by molar-refractivity contribution is 7.79. The molecule has 0 aromatic heterocycles. The Kier molecular flexibility index (Phi) is 2.64. The molecule has 1 aliphatic heterocycles. The zero-order valence-corrected chi connectivity index (χ0v) is 12.3. The molecule has 106 valence electrons. The van der Waals surface area contributed by atoms with E-state index in [4.69, 9.17) is 4.74 Å². The number of esters is 1. The van der Waals surface area contributed by atoms with Crippen molar-refractivity contribution in [2.75, 3.05) is 0 Å². The lowest BCUT2D eigenvalue weighted by atomic mass is 10.1. The quantitative estimate of drug-likeness (QED) is 0.646. The molecule has 2 atom stereocenters. The number of rotatable bonds is 3. The van der Waals surface area contributed by atoms with Gasteiger partial charge < -0.3 is 9.30 Å². The summed E-state index contributed by atoms with van der Waals surface area (Å²) in [6, 6.07) is 19.1. The molecule has 2 aromatic carbocycles. The first-order chi connectivity index (χ1) is 10.2. The monoisotopic (exact) mass is 298 g/mol. The van der Waals surface area contributed by atoms with Crippen LogP contribution in [0.1, 0.15) is 12.8 Å². The summed E-state index contributed by atoms with van der Waals surface area (Å²) in [6.07, 6.45) is 1.11. The van der Waals surface area contributed by atoms with Gasteiger partial charge in [0.25, 0.3) is 0 Å². The second-order valence-corrected chi connectivity index (χ2v) is 8.74. The highest BCUT2D eigenvalue weighted by Gasteiger charge is 2.71. The normalized spacial score (nSPS) is 27.0. The minimum atomic E-state index is -2.78. The molecule has 1 spiro atoms. The molecule has 21 heavy (non-hydrogen) atoms. The fraction of sp³-hybridized carbons (Fsp3) is 0.235. The standard InChI is InChI=1S/C17H15O3P/c18-16-12-17(20-16)11-15(17)21(19,13-7-3-1-4-8-13)14-9-5-2-6-10-14/h1-10,15H,11-12H2/t15-,17+/m1/s1. The van der Waals surface area contributed by atoms with E-state index in [-0.39, 0.29) is 11.6 Å². The zero-order valence-electron chi connectivity index (χ0n) is 11.4. The van der Waals surface area contributed by atoms with Gasteiger partial charge in [-0.15, -0.1) is 0 Å². The lowest BCUT2D eigenvalue weighted by Crippen LogP contribution is -2.39. The van der Waals surface area contributed by atoms with Crippen molar-refractivity contribution in [3.63, 3.8) is 0 Å². The number of benzene rings is 2. The van der Waals surface area contributed by atoms with Gasteiger partial charge in [-0.25, -0.2) is 0 Å². The first-order valence-electron chi connectivity index (χ1n) is 7.08. The summed E-state index contributed by atoms with van der Waals surface area (Å²) in [5.41, 5.74) is -0.536. The third kappa shape index (κ3) is 1.81. The smallest absolute Gasteiger partial charge is 0.310 e. The van der Waals surface area contributed by atoms with Crippen molar-refractivity contribution in [3.05, 3.63) is 60.7 Å². The summed E-state index contributed by atoms with van der Waals surface area (Å²) in [7, 11) is -2.78. The second-order valence-electron chi connectivity index (χ2n) is 5.76. The van der Waals surface area contributed by atoms with Gasteiger partial charge in [-0.3, -0.25) is 4.79 Å². The maximum atomic E-state index is 13.9. The summed E-state index contributed by atoms with van der Waals surface area (Å²) in [5, 5.41) is 1.70. The predicted molar refractivity (Wildman–Crippen MR) is 81.6 cm³/mol. The Morgan fingerprint density at radius 1 is 0.952 bits per heavy atom. The largest absolute Gasteiger partial charge is 0.457 e. The molecule has 0 unspecified atom stereocenters. The third-order valence-corrected chi connectivity index (χ3v) is 8.13. The molecule has 2 fully saturated rings. The molecule has 0 radical (unpaired) electrons. The SMILES string of the molecule is O=C1C[C@]2(C[C@H]2P(=O)(c2ccccc2)c2ccccc2)O1. The van der Waals surface area contributed by atoms with E-state index in [2.05, 4.69) is 0 Å². The zero-order chi connectivity index (χ0) is 14.5. The van der Waals surface area contributed by atoms with Crippen LogP contribution in [0.5, 0.6) is 0 Å². The number of carbonyl (C=O) groups excluding carboxylic acids is 1. The van der Waals surface area contributed by atoms with Crippen LogP contribution in [0.15, 0.2) is 60.7 Å². The summed E-state index contributed by atoms with van der Waals surface area (Å²) >= 11 is 0. The van der Waals surface area contributed by atoms with E-state index in [1.54, 1.807) is 0 Å². The molecule has 1 saturated carbocycles. The molecule has 3 nitrogen and oxygen atoms in total. The number of ether oxygens (including phenoxy) is 1. The Hall–Kier alpha value is -1.86. The predicted octanol–water partition coefficient (Wildman–Crippen LogP) is 2.46. The Morgan fingerprint density at radius 3 is 1.86 bits per heavy atom. The molecule has 1 aliphatic carbocycles. The molecule has 2 aliphatic rings. The average molecular weight is 298 g/mol. The van der Waals surface area contributed by atoms with Crippen LogP contribution in [0.25, 0.3) is 0 Å². The van der Waals surface area contributed by atoms with Crippen LogP contribution >= 0.6 is 7.14 Å². The van der Waals surface area contributed by atoms with Gasteiger partial charge in [0.15, 0.2) is 0 Å². The molecular weight excluding hydrogens is 283 g/mol. The molecule has 0 amide bonds. The van der Waals surface area contributed by atoms with Gasteiger partial charge in [-0.1, -0.05) is 60.7 Å². The lowest BCUT2D eigenvalue weighted by Gasteiger charge is -2.30.